The molecule has 1 heterocycles. The molecule has 1 N–H and O–H groups in total. The lowest BCUT2D eigenvalue weighted by atomic mass is 10.0. The van der Waals surface area contributed by atoms with Crippen molar-refractivity contribution < 1.29 is 4.79 Å². The lowest BCUT2D eigenvalue weighted by molar-refractivity contribution is -0.122. The van der Waals surface area contributed by atoms with Crippen molar-refractivity contribution in [2.45, 2.75) is 38.3 Å². The number of hydrogen-bond donors (Lipinski definition) is 1. The average Bonchev–Trinajstić information content (AvgIpc) is 2.94. The van der Waals surface area contributed by atoms with E-state index in [1.165, 1.54) is 11.1 Å². The molecule has 2 aromatic rings. The fourth-order valence-electron chi connectivity index (χ4n) is 2.69. The first kappa shape index (κ1) is 13.0. The minimum Gasteiger partial charge on any atom is -0.349 e. The molecule has 1 fully saturated rings. The van der Waals surface area contributed by atoms with Gasteiger partial charge in [0.25, 0.3) is 0 Å². The molecule has 1 aliphatic rings. The van der Waals surface area contributed by atoms with Crippen LogP contribution in [0.25, 0.3) is 0 Å². The van der Waals surface area contributed by atoms with Crippen LogP contribution < -0.4 is 5.32 Å². The number of amides is 1. The van der Waals surface area contributed by atoms with Crippen molar-refractivity contribution in [3.05, 3.63) is 59.9 Å². The maximum Gasteiger partial charge on any atom is 0.240 e. The molecular formula is C17H20N2O. The van der Waals surface area contributed by atoms with Crippen molar-refractivity contribution >= 4 is 5.91 Å². The Morgan fingerprint density at radius 2 is 2.00 bits per heavy atom. The van der Waals surface area contributed by atoms with Gasteiger partial charge in [0.15, 0.2) is 0 Å². The molecule has 0 saturated heterocycles. The first-order chi connectivity index (χ1) is 9.65. The van der Waals surface area contributed by atoms with Crippen LogP contribution in [0.5, 0.6) is 0 Å². The topological polar surface area (TPSA) is 34.0 Å². The molecule has 0 bridgehead atoms. The fourth-order valence-corrected chi connectivity index (χ4v) is 2.69. The molecule has 1 aromatic heterocycles. The molecule has 1 aliphatic carbocycles. The number of hydrogen-bond acceptors (Lipinski definition) is 1. The third-order valence-corrected chi connectivity index (χ3v) is 3.88. The molecule has 0 unspecified atom stereocenters. The van der Waals surface area contributed by atoms with E-state index in [0.717, 1.165) is 19.3 Å². The summed E-state index contributed by atoms with van der Waals surface area (Å²) in [6, 6.07) is 12.4. The second kappa shape index (κ2) is 5.16. The van der Waals surface area contributed by atoms with Gasteiger partial charge in [-0.05, 0) is 43.9 Å². The number of aromatic nitrogens is 1. The SMILES string of the molecule is Cc1cccc(CC2(NC(=O)Cn3cccc3)CC2)c1. The summed E-state index contributed by atoms with van der Waals surface area (Å²) in [7, 11) is 0. The van der Waals surface area contributed by atoms with Crippen LogP contribution in [0.4, 0.5) is 0 Å². The van der Waals surface area contributed by atoms with Crippen molar-refractivity contribution in [1.82, 2.24) is 9.88 Å². The zero-order valence-corrected chi connectivity index (χ0v) is 11.8. The van der Waals surface area contributed by atoms with E-state index in [0.29, 0.717) is 6.54 Å². The number of nitrogens with one attached hydrogen (secondary N) is 1. The third-order valence-electron chi connectivity index (χ3n) is 3.88. The number of carbonyl (C=O) groups is 1. The highest BCUT2D eigenvalue weighted by Crippen LogP contribution is 2.38. The summed E-state index contributed by atoms with van der Waals surface area (Å²) in [6.07, 6.45) is 6.93. The molecule has 3 rings (SSSR count). The minimum atomic E-state index is -0.00195. The van der Waals surface area contributed by atoms with Gasteiger partial charge in [0.05, 0.1) is 0 Å². The van der Waals surface area contributed by atoms with Crippen LogP contribution in [0, 0.1) is 6.92 Å². The van der Waals surface area contributed by atoms with Crippen molar-refractivity contribution in [3.63, 3.8) is 0 Å². The van der Waals surface area contributed by atoms with Gasteiger partial charge in [0.1, 0.15) is 6.54 Å². The van der Waals surface area contributed by atoms with Crippen LogP contribution in [0.1, 0.15) is 24.0 Å². The standard InChI is InChI=1S/C17H20N2O/c1-14-5-4-6-15(11-14)12-17(7-8-17)18-16(20)13-19-9-2-3-10-19/h2-6,9-11H,7-8,12-13H2,1H3,(H,18,20). The molecule has 0 radical (unpaired) electrons. The Labute approximate surface area is 119 Å². The van der Waals surface area contributed by atoms with Gasteiger partial charge in [-0.15, -0.1) is 0 Å². The highest BCUT2D eigenvalue weighted by Gasteiger charge is 2.43. The maximum absolute atomic E-state index is 12.1. The number of rotatable bonds is 5. The highest BCUT2D eigenvalue weighted by molar-refractivity contribution is 5.77. The van der Waals surface area contributed by atoms with Crippen molar-refractivity contribution in [3.8, 4) is 0 Å². The van der Waals surface area contributed by atoms with Gasteiger partial charge in [0.2, 0.25) is 5.91 Å². The average molecular weight is 268 g/mol. The summed E-state index contributed by atoms with van der Waals surface area (Å²) in [6.45, 7) is 2.51. The van der Waals surface area contributed by atoms with E-state index in [4.69, 9.17) is 0 Å². The van der Waals surface area contributed by atoms with Gasteiger partial charge >= 0.3 is 0 Å². The molecule has 3 heteroatoms. The van der Waals surface area contributed by atoms with E-state index < -0.39 is 0 Å². The molecule has 0 aliphatic heterocycles. The monoisotopic (exact) mass is 268 g/mol. The number of nitrogens with zero attached hydrogens (tertiary/aromatic N) is 1. The quantitative estimate of drug-likeness (QED) is 0.889. The second-order valence-corrected chi connectivity index (χ2v) is 5.85. The first-order valence-electron chi connectivity index (χ1n) is 7.13. The third kappa shape index (κ3) is 3.10. The molecule has 1 aromatic carbocycles. The predicted octanol–water partition coefficient (Wildman–Crippen LogP) is 2.69. The second-order valence-electron chi connectivity index (χ2n) is 5.85. The van der Waals surface area contributed by atoms with E-state index in [1.54, 1.807) is 0 Å². The van der Waals surface area contributed by atoms with E-state index in [9.17, 15) is 4.79 Å². The number of carbonyl (C=O) groups excluding carboxylic acids is 1. The Morgan fingerprint density at radius 1 is 1.25 bits per heavy atom. The van der Waals surface area contributed by atoms with Crippen molar-refractivity contribution in [2.75, 3.05) is 0 Å². The van der Waals surface area contributed by atoms with Crippen molar-refractivity contribution in [2.24, 2.45) is 0 Å². The molecule has 3 nitrogen and oxygen atoms in total. The van der Waals surface area contributed by atoms with Gasteiger partial charge in [-0.2, -0.15) is 0 Å². The lowest BCUT2D eigenvalue weighted by Crippen LogP contribution is -2.40. The molecular weight excluding hydrogens is 248 g/mol. The molecule has 0 atom stereocenters. The molecule has 0 spiro atoms. The highest BCUT2D eigenvalue weighted by atomic mass is 16.2. The largest absolute Gasteiger partial charge is 0.349 e. The van der Waals surface area contributed by atoms with Crippen LogP contribution >= 0.6 is 0 Å². The van der Waals surface area contributed by atoms with E-state index in [-0.39, 0.29) is 11.4 Å². The first-order valence-corrected chi connectivity index (χ1v) is 7.13. The van der Waals surface area contributed by atoms with Crippen LogP contribution in [0.15, 0.2) is 48.8 Å². The maximum atomic E-state index is 12.1. The Morgan fingerprint density at radius 3 is 2.65 bits per heavy atom. The molecule has 20 heavy (non-hydrogen) atoms. The van der Waals surface area contributed by atoms with Gasteiger partial charge in [0, 0.05) is 17.9 Å². The van der Waals surface area contributed by atoms with E-state index in [1.807, 2.05) is 29.1 Å². The molecule has 104 valence electrons. The summed E-state index contributed by atoms with van der Waals surface area (Å²) in [5, 5.41) is 3.21. The van der Waals surface area contributed by atoms with E-state index in [2.05, 4.69) is 36.5 Å². The van der Waals surface area contributed by atoms with Crippen LogP contribution in [0.2, 0.25) is 0 Å². The summed E-state index contributed by atoms with van der Waals surface area (Å²) >= 11 is 0. The van der Waals surface area contributed by atoms with E-state index >= 15 is 0 Å². The lowest BCUT2D eigenvalue weighted by Gasteiger charge is -2.18. The Bertz CT molecular complexity index is 597. The molecule has 1 amide bonds. The Hall–Kier alpha value is -2.03. The summed E-state index contributed by atoms with van der Waals surface area (Å²) in [5.41, 5.74) is 2.58. The smallest absolute Gasteiger partial charge is 0.240 e. The van der Waals surface area contributed by atoms with Crippen LogP contribution in [-0.4, -0.2) is 16.0 Å². The Kier molecular flexibility index (Phi) is 3.35. The van der Waals surface area contributed by atoms with Crippen LogP contribution in [0.3, 0.4) is 0 Å². The van der Waals surface area contributed by atoms with Gasteiger partial charge in [-0.3, -0.25) is 4.79 Å². The number of aryl methyl sites for hydroxylation is 1. The zero-order chi connectivity index (χ0) is 14.0. The summed E-state index contributed by atoms with van der Waals surface area (Å²) in [5.74, 6) is 0.103. The van der Waals surface area contributed by atoms with Crippen molar-refractivity contribution in [1.29, 1.82) is 0 Å². The molecule has 1 saturated carbocycles. The van der Waals surface area contributed by atoms with Crippen LogP contribution in [-0.2, 0) is 17.8 Å². The number of benzene rings is 1. The Balaban J connectivity index is 1.60. The van der Waals surface area contributed by atoms with Gasteiger partial charge in [-0.25, -0.2) is 0 Å². The summed E-state index contributed by atoms with van der Waals surface area (Å²) < 4.78 is 1.90. The summed E-state index contributed by atoms with van der Waals surface area (Å²) in [4.78, 5) is 12.1. The fraction of sp³-hybridized carbons (Fsp3) is 0.353. The van der Waals surface area contributed by atoms with Gasteiger partial charge < -0.3 is 9.88 Å². The zero-order valence-electron chi connectivity index (χ0n) is 11.8. The minimum absolute atomic E-state index is 0.00195. The predicted molar refractivity (Wildman–Crippen MR) is 79.4 cm³/mol. The van der Waals surface area contributed by atoms with Gasteiger partial charge in [-0.1, -0.05) is 29.8 Å². The normalized spacial score (nSPS) is 15.8.